The van der Waals surface area contributed by atoms with E-state index >= 15 is 0 Å². The standard InChI is InChI=1S/C15H20FN3/c1-5-14-10(2)18-19(11(14)3)15-7-6-13(16)8-12(15)9-17-4/h6-8,17H,5,9H2,1-4H3. The number of hydrogen-bond acceptors (Lipinski definition) is 2. The quantitative estimate of drug-likeness (QED) is 0.917. The van der Waals surface area contributed by atoms with Crippen molar-refractivity contribution in [3.63, 3.8) is 0 Å². The van der Waals surface area contributed by atoms with Crippen molar-refractivity contribution in [1.29, 1.82) is 0 Å². The van der Waals surface area contributed by atoms with Crippen LogP contribution in [0.1, 0.15) is 29.4 Å². The number of aryl methyl sites for hydroxylation is 1. The Bertz CT molecular complexity index is 587. The molecule has 0 saturated heterocycles. The summed E-state index contributed by atoms with van der Waals surface area (Å²) in [6, 6.07) is 4.84. The Kier molecular flexibility index (Phi) is 4.00. The molecule has 0 amide bonds. The van der Waals surface area contributed by atoms with E-state index < -0.39 is 0 Å². The molecule has 19 heavy (non-hydrogen) atoms. The fourth-order valence-corrected chi connectivity index (χ4v) is 2.51. The van der Waals surface area contributed by atoms with Crippen LogP contribution >= 0.6 is 0 Å². The third-order valence-corrected chi connectivity index (χ3v) is 3.43. The largest absolute Gasteiger partial charge is 0.316 e. The highest BCUT2D eigenvalue weighted by molar-refractivity contribution is 5.44. The second-order valence-electron chi connectivity index (χ2n) is 4.72. The molecular formula is C15H20FN3. The smallest absolute Gasteiger partial charge is 0.123 e. The lowest BCUT2D eigenvalue weighted by Crippen LogP contribution is -2.11. The zero-order chi connectivity index (χ0) is 14.0. The molecule has 2 aromatic rings. The molecule has 2 rings (SSSR count). The number of rotatable bonds is 4. The van der Waals surface area contributed by atoms with Gasteiger partial charge in [-0.05, 0) is 56.6 Å². The summed E-state index contributed by atoms with van der Waals surface area (Å²) in [6.07, 6.45) is 0.959. The molecule has 102 valence electrons. The van der Waals surface area contributed by atoms with E-state index in [1.807, 2.05) is 18.7 Å². The van der Waals surface area contributed by atoms with E-state index in [4.69, 9.17) is 0 Å². The molecule has 0 saturated carbocycles. The molecule has 1 aromatic heterocycles. The first-order valence-electron chi connectivity index (χ1n) is 6.57. The maximum absolute atomic E-state index is 13.4. The minimum absolute atomic E-state index is 0.216. The SMILES string of the molecule is CCc1c(C)nn(-c2ccc(F)cc2CNC)c1C. The van der Waals surface area contributed by atoms with Gasteiger partial charge in [0.05, 0.1) is 11.4 Å². The van der Waals surface area contributed by atoms with E-state index in [-0.39, 0.29) is 5.82 Å². The Balaban J connectivity index is 2.58. The van der Waals surface area contributed by atoms with E-state index in [1.54, 1.807) is 12.1 Å². The van der Waals surface area contributed by atoms with Gasteiger partial charge in [0, 0.05) is 12.2 Å². The topological polar surface area (TPSA) is 29.9 Å². The molecule has 0 fully saturated rings. The molecule has 4 heteroatoms. The first-order chi connectivity index (χ1) is 9.08. The van der Waals surface area contributed by atoms with E-state index in [9.17, 15) is 4.39 Å². The fourth-order valence-electron chi connectivity index (χ4n) is 2.51. The highest BCUT2D eigenvalue weighted by atomic mass is 19.1. The van der Waals surface area contributed by atoms with Crippen LogP contribution in [0.4, 0.5) is 4.39 Å². The van der Waals surface area contributed by atoms with Gasteiger partial charge in [-0.1, -0.05) is 6.92 Å². The number of aromatic nitrogens is 2. The Hall–Kier alpha value is -1.68. The van der Waals surface area contributed by atoms with E-state index in [1.165, 1.54) is 11.6 Å². The van der Waals surface area contributed by atoms with E-state index in [2.05, 4.69) is 24.3 Å². The van der Waals surface area contributed by atoms with Crippen molar-refractivity contribution < 1.29 is 4.39 Å². The molecule has 0 unspecified atom stereocenters. The lowest BCUT2D eigenvalue weighted by atomic mass is 10.1. The third kappa shape index (κ3) is 2.54. The van der Waals surface area contributed by atoms with Crippen LogP contribution in [0.15, 0.2) is 18.2 Å². The van der Waals surface area contributed by atoms with Gasteiger partial charge in [-0.3, -0.25) is 0 Å². The number of hydrogen-bond donors (Lipinski definition) is 1. The molecule has 0 bridgehead atoms. The lowest BCUT2D eigenvalue weighted by molar-refractivity contribution is 0.621. The number of benzene rings is 1. The van der Waals surface area contributed by atoms with Gasteiger partial charge in [0.2, 0.25) is 0 Å². The average molecular weight is 261 g/mol. The Morgan fingerprint density at radius 3 is 2.63 bits per heavy atom. The van der Waals surface area contributed by atoms with E-state index in [0.29, 0.717) is 6.54 Å². The molecular weight excluding hydrogens is 241 g/mol. The fraction of sp³-hybridized carbons (Fsp3) is 0.400. The summed E-state index contributed by atoms with van der Waals surface area (Å²) >= 11 is 0. The van der Waals surface area contributed by atoms with Crippen LogP contribution in [-0.4, -0.2) is 16.8 Å². The van der Waals surface area contributed by atoms with Crippen LogP contribution in [0, 0.1) is 19.7 Å². The van der Waals surface area contributed by atoms with Crippen molar-refractivity contribution in [3.05, 3.63) is 46.5 Å². The molecule has 1 aromatic carbocycles. The van der Waals surface area contributed by atoms with Gasteiger partial charge >= 0.3 is 0 Å². The summed E-state index contributed by atoms with van der Waals surface area (Å²) in [4.78, 5) is 0. The minimum atomic E-state index is -0.216. The normalized spacial score (nSPS) is 11.0. The van der Waals surface area contributed by atoms with Crippen molar-refractivity contribution >= 4 is 0 Å². The zero-order valence-corrected chi connectivity index (χ0v) is 11.9. The molecule has 0 spiro atoms. The predicted molar refractivity (Wildman–Crippen MR) is 75.1 cm³/mol. The molecule has 1 N–H and O–H groups in total. The molecule has 0 aliphatic rings. The van der Waals surface area contributed by atoms with Gasteiger partial charge in [0.25, 0.3) is 0 Å². The van der Waals surface area contributed by atoms with Crippen molar-refractivity contribution in [1.82, 2.24) is 15.1 Å². The zero-order valence-electron chi connectivity index (χ0n) is 11.9. The van der Waals surface area contributed by atoms with Gasteiger partial charge in [0.15, 0.2) is 0 Å². The molecule has 0 aliphatic heterocycles. The van der Waals surface area contributed by atoms with Gasteiger partial charge in [-0.2, -0.15) is 5.10 Å². The van der Waals surface area contributed by atoms with Crippen molar-refractivity contribution in [2.75, 3.05) is 7.05 Å². The summed E-state index contributed by atoms with van der Waals surface area (Å²) in [5.41, 5.74) is 5.29. The second kappa shape index (κ2) is 5.53. The van der Waals surface area contributed by atoms with Gasteiger partial charge in [0.1, 0.15) is 5.82 Å². The maximum atomic E-state index is 13.4. The summed E-state index contributed by atoms with van der Waals surface area (Å²) in [7, 11) is 1.85. The van der Waals surface area contributed by atoms with Crippen LogP contribution in [0.3, 0.4) is 0 Å². The Morgan fingerprint density at radius 2 is 2.05 bits per heavy atom. The van der Waals surface area contributed by atoms with Crippen molar-refractivity contribution in [2.24, 2.45) is 0 Å². The molecule has 1 heterocycles. The summed E-state index contributed by atoms with van der Waals surface area (Å²) in [6.45, 7) is 6.82. The van der Waals surface area contributed by atoms with Crippen molar-refractivity contribution in [2.45, 2.75) is 33.7 Å². The molecule has 0 aliphatic carbocycles. The molecule has 3 nitrogen and oxygen atoms in total. The monoisotopic (exact) mass is 261 g/mol. The van der Waals surface area contributed by atoms with Crippen LogP contribution < -0.4 is 5.32 Å². The molecule has 0 radical (unpaired) electrons. The van der Waals surface area contributed by atoms with Gasteiger partial charge in [-0.25, -0.2) is 9.07 Å². The average Bonchev–Trinajstić information content (AvgIpc) is 2.65. The van der Waals surface area contributed by atoms with Crippen molar-refractivity contribution in [3.8, 4) is 5.69 Å². The summed E-state index contributed by atoms with van der Waals surface area (Å²) in [5.74, 6) is -0.216. The lowest BCUT2D eigenvalue weighted by Gasteiger charge is -2.11. The van der Waals surface area contributed by atoms with Crippen LogP contribution in [0.5, 0.6) is 0 Å². The summed E-state index contributed by atoms with van der Waals surface area (Å²) < 4.78 is 15.3. The number of nitrogens with zero attached hydrogens (tertiary/aromatic N) is 2. The highest BCUT2D eigenvalue weighted by Gasteiger charge is 2.14. The highest BCUT2D eigenvalue weighted by Crippen LogP contribution is 2.22. The third-order valence-electron chi connectivity index (χ3n) is 3.43. The van der Waals surface area contributed by atoms with E-state index in [0.717, 1.165) is 29.1 Å². The Morgan fingerprint density at radius 1 is 1.32 bits per heavy atom. The number of nitrogens with one attached hydrogen (secondary N) is 1. The first-order valence-corrected chi connectivity index (χ1v) is 6.57. The predicted octanol–water partition coefficient (Wildman–Crippen LogP) is 2.91. The van der Waals surface area contributed by atoms with Crippen LogP contribution in [0.25, 0.3) is 5.69 Å². The maximum Gasteiger partial charge on any atom is 0.123 e. The number of halogens is 1. The van der Waals surface area contributed by atoms with Gasteiger partial charge in [-0.15, -0.1) is 0 Å². The summed E-state index contributed by atoms with van der Waals surface area (Å²) in [5, 5.41) is 7.66. The Labute approximate surface area is 113 Å². The first kappa shape index (κ1) is 13.7. The minimum Gasteiger partial charge on any atom is -0.316 e. The van der Waals surface area contributed by atoms with Gasteiger partial charge < -0.3 is 5.32 Å². The van der Waals surface area contributed by atoms with Crippen LogP contribution in [-0.2, 0) is 13.0 Å². The second-order valence-corrected chi connectivity index (χ2v) is 4.72. The molecule has 0 atom stereocenters. The van der Waals surface area contributed by atoms with Crippen LogP contribution in [0.2, 0.25) is 0 Å².